The van der Waals surface area contributed by atoms with Crippen LogP contribution in [0.2, 0.25) is 0 Å². The molecule has 0 radical (unpaired) electrons. The molecule has 3 heterocycles. The molecule has 28 nitrogen and oxygen atoms in total. The van der Waals surface area contributed by atoms with Crippen LogP contribution in [0.3, 0.4) is 0 Å². The Hall–Kier alpha value is -3.05. The number of aliphatic hydroxyl groups excluding tert-OH is 3. The number of carboxylic acids is 1. The van der Waals surface area contributed by atoms with Crippen LogP contribution >= 0.6 is 35.2 Å². The van der Waals surface area contributed by atoms with Crippen molar-refractivity contribution in [2.24, 2.45) is 5.41 Å². The third kappa shape index (κ3) is 15.9. The fourth-order valence-electron chi connectivity index (χ4n) is 5.35. The summed E-state index contributed by atoms with van der Waals surface area (Å²) in [5.41, 5.74) is 4.14. The van der Waals surface area contributed by atoms with Gasteiger partial charge in [0, 0.05) is 56.5 Å². The molecule has 0 bridgehead atoms. The highest BCUT2D eigenvalue weighted by Gasteiger charge is 2.50. The number of hydrogen-bond donors (Lipinski definition) is 12. The lowest BCUT2D eigenvalue weighted by Gasteiger charge is -2.30. The van der Waals surface area contributed by atoms with Crippen molar-refractivity contribution >= 4 is 75.8 Å². The molecular formula is C29H48N7O21P3S. The van der Waals surface area contributed by atoms with Gasteiger partial charge < -0.3 is 66.2 Å². The van der Waals surface area contributed by atoms with Crippen LogP contribution in [-0.2, 0) is 55.5 Å². The molecule has 13 N–H and O–H groups in total. The molecule has 2 aromatic heterocycles. The molecular weight excluding hydrogens is 907 g/mol. The molecule has 346 valence electrons. The summed E-state index contributed by atoms with van der Waals surface area (Å²) < 4.78 is 62.1. The number of carboxylic acid groups (broad SMARTS) is 1. The summed E-state index contributed by atoms with van der Waals surface area (Å²) in [6, 6.07) is 0. The molecule has 2 aromatic rings. The van der Waals surface area contributed by atoms with Crippen molar-refractivity contribution in [3.63, 3.8) is 0 Å². The topological polar surface area (TPSA) is 441 Å². The van der Waals surface area contributed by atoms with Crippen LogP contribution < -0.4 is 16.4 Å². The first-order valence-corrected chi connectivity index (χ1v) is 23.3. The number of aliphatic carboxylic acids is 1. The van der Waals surface area contributed by atoms with Gasteiger partial charge in [-0.05, 0) is 6.42 Å². The number of thioether (sulfide) groups is 1. The number of ether oxygens (including phenoxy) is 1. The van der Waals surface area contributed by atoms with E-state index in [-0.39, 0.29) is 61.7 Å². The number of amides is 2. The quantitative estimate of drug-likeness (QED) is 0.0263. The van der Waals surface area contributed by atoms with Crippen molar-refractivity contribution in [3.8, 4) is 0 Å². The molecule has 1 saturated heterocycles. The van der Waals surface area contributed by atoms with E-state index in [2.05, 4.69) is 34.4 Å². The minimum absolute atomic E-state index is 0.00556. The van der Waals surface area contributed by atoms with Crippen molar-refractivity contribution in [1.29, 1.82) is 0 Å². The first-order chi connectivity index (χ1) is 28.2. The summed E-state index contributed by atoms with van der Waals surface area (Å²) in [7, 11) is -16.5. The predicted octanol–water partition coefficient (Wildman–Crippen LogP) is -1.97. The molecule has 2 amide bonds. The molecule has 3 rings (SSSR count). The Balaban J connectivity index is 1.48. The fraction of sp³-hybridized carbons (Fsp3) is 0.690. The van der Waals surface area contributed by atoms with Gasteiger partial charge in [-0.2, -0.15) is 4.31 Å². The number of Topliss-reactive ketones (excluding diaryl/α,β-unsaturated/α-hetero) is 1. The van der Waals surface area contributed by atoms with Gasteiger partial charge in [-0.3, -0.25) is 37.3 Å². The predicted molar refractivity (Wildman–Crippen MR) is 205 cm³/mol. The fourth-order valence-corrected chi connectivity index (χ4v) is 9.23. The summed E-state index contributed by atoms with van der Waals surface area (Å²) in [6.07, 6.45) is -8.31. The number of rotatable bonds is 27. The van der Waals surface area contributed by atoms with E-state index < -0.39 is 114 Å². The Morgan fingerprint density at radius 3 is 2.33 bits per heavy atom. The molecule has 8 atom stereocenters. The summed E-state index contributed by atoms with van der Waals surface area (Å²) in [5, 5.41) is 54.8. The number of nitrogens with two attached hydrogens (primary N) is 1. The largest absolute Gasteiger partial charge is 0.481 e. The lowest BCUT2D eigenvalue weighted by atomic mass is 9.87. The van der Waals surface area contributed by atoms with Crippen molar-refractivity contribution in [3.05, 3.63) is 12.7 Å². The second-order valence-electron chi connectivity index (χ2n) is 13.8. The summed E-state index contributed by atoms with van der Waals surface area (Å²) >= 11 is 0.718. The van der Waals surface area contributed by atoms with Gasteiger partial charge in [-0.15, -0.1) is 11.8 Å². The van der Waals surface area contributed by atoms with Gasteiger partial charge in [0.05, 0.1) is 19.5 Å². The Labute approximate surface area is 350 Å². The molecule has 1 aliphatic heterocycles. The number of aromatic nitrogens is 4. The molecule has 61 heavy (non-hydrogen) atoms. The highest BCUT2D eigenvalue weighted by atomic mass is 32.2. The van der Waals surface area contributed by atoms with Crippen molar-refractivity contribution < 1.29 is 101 Å². The van der Waals surface area contributed by atoms with E-state index in [9.17, 15) is 67.8 Å². The zero-order valence-corrected chi connectivity index (χ0v) is 35.9. The number of anilines is 1. The number of nitrogens with zero attached hydrogens (tertiary/aromatic N) is 4. The molecule has 32 heteroatoms. The van der Waals surface area contributed by atoms with Crippen LogP contribution in [0, 0.1) is 5.41 Å². The highest BCUT2D eigenvalue weighted by molar-refractivity contribution is 8.01. The highest BCUT2D eigenvalue weighted by Crippen LogP contribution is 2.61. The average molecular weight is 956 g/mol. The zero-order chi connectivity index (χ0) is 46.0. The lowest BCUT2D eigenvalue weighted by Crippen LogP contribution is -2.46. The van der Waals surface area contributed by atoms with Crippen molar-refractivity contribution in [2.45, 2.75) is 81.5 Å². The maximum Gasteiger partial charge on any atom is 0.481 e. The number of aliphatic hydroxyl groups is 4. The van der Waals surface area contributed by atoms with Gasteiger partial charge in [0.15, 0.2) is 28.4 Å². The number of imidazole rings is 1. The molecule has 0 spiro atoms. The van der Waals surface area contributed by atoms with E-state index in [1.165, 1.54) is 13.8 Å². The monoisotopic (exact) mass is 955 g/mol. The number of carbonyl (C=O) groups excluding carboxylic acids is 3. The van der Waals surface area contributed by atoms with Crippen LogP contribution in [0.4, 0.5) is 5.82 Å². The first-order valence-electron chi connectivity index (χ1n) is 17.8. The Bertz CT molecular complexity index is 2010. The Morgan fingerprint density at radius 1 is 1.02 bits per heavy atom. The second kappa shape index (κ2) is 22.0. The number of carbonyl (C=O) groups is 4. The minimum atomic E-state index is -5.62. The third-order valence-electron chi connectivity index (χ3n) is 8.52. The van der Waals surface area contributed by atoms with E-state index in [0.717, 1.165) is 29.0 Å². The van der Waals surface area contributed by atoms with E-state index >= 15 is 0 Å². The van der Waals surface area contributed by atoms with Crippen LogP contribution in [0.25, 0.3) is 11.2 Å². The molecule has 0 aromatic carbocycles. The normalized spacial score (nSPS) is 21.9. The number of hydrogen-bond acceptors (Lipinski definition) is 21. The van der Waals surface area contributed by atoms with Gasteiger partial charge in [0.2, 0.25) is 11.8 Å². The average Bonchev–Trinajstić information content (AvgIpc) is 3.72. The van der Waals surface area contributed by atoms with Gasteiger partial charge in [-0.1, -0.05) is 13.8 Å². The summed E-state index contributed by atoms with van der Waals surface area (Å²) in [6.45, 7) is -0.401. The molecule has 1 fully saturated rings. The first kappa shape index (κ1) is 52.3. The van der Waals surface area contributed by atoms with Gasteiger partial charge in [-0.25, -0.2) is 28.6 Å². The Kier molecular flexibility index (Phi) is 18.9. The molecule has 0 saturated carbocycles. The SMILES string of the molecule is CC(C)(COP(=O)(O)OP(=O)(O)OC[C@H]1O[C@@H](n2cnc3c(N)ncnc32)[C@H](O)[C@@H]1OP(=O)(O)O)C(O)C(=O)NCCC(=O)NCCSC(O)(CCC(=O)O)C(=O)CCCO. The minimum Gasteiger partial charge on any atom is -0.481 e. The van der Waals surface area contributed by atoms with Crippen LogP contribution in [0.1, 0.15) is 52.2 Å². The number of ketones is 1. The number of nitrogen functional groups attached to an aromatic ring is 1. The van der Waals surface area contributed by atoms with Crippen molar-refractivity contribution in [1.82, 2.24) is 30.2 Å². The van der Waals surface area contributed by atoms with Crippen molar-refractivity contribution in [2.75, 3.05) is 44.4 Å². The van der Waals surface area contributed by atoms with Crippen LogP contribution in [0.15, 0.2) is 12.7 Å². The van der Waals surface area contributed by atoms with E-state index in [1.807, 2.05) is 0 Å². The standard InChI is InChI=1S/C29H48N7O21P3S/c1-28(2,23(43)26(44)32-8-6-18(39)31-9-11-61-29(45,7-5-19(40)41)17(38)4-3-10-37)13-54-60(51,52)57-59(49,50)53-12-16-22(56-58(46,47)48)21(42)27(55-16)36-15-35-20-24(30)33-14-34-25(20)36/h14-16,21-23,27,37,42-43,45H,3-13H2,1-2H3,(H,31,39)(H,32,44)(H,40,41)(H,49,50)(H,51,52)(H2,30,33,34)(H2,46,47,48)/t16-,21-,22-,23?,27-,29?/m1/s1. The van der Waals surface area contributed by atoms with Crippen LogP contribution in [-0.4, -0.2) is 156 Å². The number of phosphoric acid groups is 3. The molecule has 1 aliphatic rings. The molecule has 0 aliphatic carbocycles. The van der Waals surface area contributed by atoms with Gasteiger partial charge in [0.25, 0.3) is 0 Å². The van der Waals surface area contributed by atoms with E-state index in [1.54, 1.807) is 0 Å². The van der Waals surface area contributed by atoms with Crippen LogP contribution in [0.5, 0.6) is 0 Å². The lowest BCUT2D eigenvalue weighted by molar-refractivity contribution is -0.139. The second-order valence-corrected chi connectivity index (χ2v) is 19.5. The zero-order valence-electron chi connectivity index (χ0n) is 32.4. The van der Waals surface area contributed by atoms with E-state index in [0.29, 0.717) is 0 Å². The molecule has 4 unspecified atom stereocenters. The van der Waals surface area contributed by atoms with Gasteiger partial charge in [0.1, 0.15) is 36.3 Å². The summed E-state index contributed by atoms with van der Waals surface area (Å²) in [4.78, 5) is 97.2. The number of phosphoric ester groups is 3. The smallest absolute Gasteiger partial charge is 0.481 e. The maximum absolute atomic E-state index is 12.7. The third-order valence-corrected chi connectivity index (χ3v) is 12.9. The summed E-state index contributed by atoms with van der Waals surface area (Å²) in [5.74, 6) is -3.63. The number of nitrogens with one attached hydrogen (secondary N) is 2. The number of fused-ring (bicyclic) bond motifs is 1. The Morgan fingerprint density at radius 2 is 1.69 bits per heavy atom. The maximum atomic E-state index is 12.7. The van der Waals surface area contributed by atoms with Gasteiger partial charge >= 0.3 is 29.4 Å². The van der Waals surface area contributed by atoms with E-state index in [4.69, 9.17) is 29.7 Å².